The molecule has 2 heteroatoms. The second-order valence-corrected chi connectivity index (χ2v) is 6.46. The summed E-state index contributed by atoms with van der Waals surface area (Å²) in [5.74, 6) is 5.86. The van der Waals surface area contributed by atoms with Crippen molar-refractivity contribution in [3.8, 4) is 0 Å². The zero-order valence-corrected chi connectivity index (χ0v) is 12.4. The van der Waals surface area contributed by atoms with Gasteiger partial charge in [0.25, 0.3) is 0 Å². The summed E-state index contributed by atoms with van der Waals surface area (Å²) in [6.07, 6.45) is 7.30. The topological polar surface area (TPSA) is 38.0 Å². The summed E-state index contributed by atoms with van der Waals surface area (Å²) >= 11 is 0. The normalized spacial score (nSPS) is 18.0. The van der Waals surface area contributed by atoms with Gasteiger partial charge in [-0.05, 0) is 42.2 Å². The summed E-state index contributed by atoms with van der Waals surface area (Å²) in [5.41, 5.74) is 7.33. The molecule has 0 aromatic heterocycles. The Labute approximate surface area is 117 Å². The third kappa shape index (κ3) is 3.26. The van der Waals surface area contributed by atoms with Gasteiger partial charge in [0, 0.05) is 0 Å². The number of benzene rings is 1. The fraction of sp³-hybridized carbons (Fsp3) is 0.529. The summed E-state index contributed by atoms with van der Waals surface area (Å²) in [7, 11) is 0. The van der Waals surface area contributed by atoms with Gasteiger partial charge in [-0.25, -0.2) is 5.43 Å². The Morgan fingerprint density at radius 3 is 2.47 bits per heavy atom. The molecule has 0 heterocycles. The molecule has 19 heavy (non-hydrogen) atoms. The summed E-state index contributed by atoms with van der Waals surface area (Å²) < 4.78 is 0. The van der Waals surface area contributed by atoms with Gasteiger partial charge in [-0.2, -0.15) is 0 Å². The van der Waals surface area contributed by atoms with Gasteiger partial charge in [0.2, 0.25) is 0 Å². The van der Waals surface area contributed by atoms with Crippen molar-refractivity contribution in [2.45, 2.75) is 57.9 Å². The van der Waals surface area contributed by atoms with Crippen LogP contribution < -0.4 is 11.3 Å². The van der Waals surface area contributed by atoms with Gasteiger partial charge >= 0.3 is 0 Å². The maximum Gasteiger partial charge on any atom is 0.0672 e. The molecule has 0 fully saturated rings. The Kier molecular flexibility index (Phi) is 4.43. The number of rotatable bonds is 3. The zero-order chi connectivity index (χ0) is 13.9. The number of hydrogen-bond acceptors (Lipinski definition) is 2. The third-order valence-corrected chi connectivity index (χ3v) is 3.94. The smallest absolute Gasteiger partial charge is 0.0672 e. The average molecular weight is 258 g/mol. The lowest BCUT2D eigenvalue weighted by molar-refractivity contribution is 0.533. The second-order valence-electron chi connectivity index (χ2n) is 6.46. The van der Waals surface area contributed by atoms with E-state index in [0.29, 0.717) is 0 Å². The molecule has 3 N–H and O–H groups in total. The minimum Gasteiger partial charge on any atom is -0.271 e. The van der Waals surface area contributed by atoms with Crippen molar-refractivity contribution in [3.05, 3.63) is 47.0 Å². The Hall–Kier alpha value is -1.12. The summed E-state index contributed by atoms with van der Waals surface area (Å²) in [5, 5.41) is 0. The van der Waals surface area contributed by atoms with Crippen LogP contribution in [0.15, 0.2) is 35.9 Å². The van der Waals surface area contributed by atoms with E-state index >= 15 is 0 Å². The quantitative estimate of drug-likeness (QED) is 0.489. The maximum atomic E-state index is 5.86. The minimum atomic E-state index is 0.140. The van der Waals surface area contributed by atoms with Crippen molar-refractivity contribution in [3.63, 3.8) is 0 Å². The van der Waals surface area contributed by atoms with Crippen LogP contribution in [0.5, 0.6) is 0 Å². The van der Waals surface area contributed by atoms with Crippen molar-refractivity contribution < 1.29 is 0 Å². The van der Waals surface area contributed by atoms with E-state index in [4.69, 9.17) is 5.84 Å². The van der Waals surface area contributed by atoms with E-state index in [1.54, 1.807) is 0 Å². The highest BCUT2D eigenvalue weighted by atomic mass is 15.2. The van der Waals surface area contributed by atoms with Crippen LogP contribution in [0, 0.1) is 0 Å². The molecule has 0 amide bonds. The number of hydrazine groups is 1. The van der Waals surface area contributed by atoms with Crippen molar-refractivity contribution in [2.24, 2.45) is 5.84 Å². The van der Waals surface area contributed by atoms with Gasteiger partial charge in [-0.3, -0.25) is 5.84 Å². The molecule has 104 valence electrons. The first kappa shape index (κ1) is 14.3. The van der Waals surface area contributed by atoms with Crippen molar-refractivity contribution in [1.82, 2.24) is 5.43 Å². The lowest BCUT2D eigenvalue weighted by atomic mass is 9.79. The first-order valence-corrected chi connectivity index (χ1v) is 7.28. The molecule has 1 aromatic carbocycles. The van der Waals surface area contributed by atoms with Gasteiger partial charge in [-0.15, -0.1) is 0 Å². The monoisotopic (exact) mass is 258 g/mol. The van der Waals surface area contributed by atoms with E-state index in [1.807, 2.05) is 0 Å². The van der Waals surface area contributed by atoms with E-state index in [0.717, 1.165) is 6.42 Å². The van der Waals surface area contributed by atoms with Gasteiger partial charge < -0.3 is 0 Å². The van der Waals surface area contributed by atoms with Crippen LogP contribution in [0.25, 0.3) is 0 Å². The minimum absolute atomic E-state index is 0.140. The van der Waals surface area contributed by atoms with Gasteiger partial charge in [-0.1, -0.05) is 56.7 Å². The number of nitrogens with two attached hydrogens (primary N) is 1. The van der Waals surface area contributed by atoms with E-state index in [1.165, 1.54) is 36.0 Å². The largest absolute Gasteiger partial charge is 0.271 e. The van der Waals surface area contributed by atoms with Crippen LogP contribution in [0.1, 0.15) is 63.6 Å². The van der Waals surface area contributed by atoms with Gasteiger partial charge in [0.05, 0.1) is 6.04 Å². The van der Waals surface area contributed by atoms with Crippen LogP contribution in [0.4, 0.5) is 0 Å². The Morgan fingerprint density at radius 1 is 1.16 bits per heavy atom. The molecule has 0 bridgehead atoms. The lowest BCUT2D eigenvalue weighted by Gasteiger charge is -2.29. The van der Waals surface area contributed by atoms with Crippen LogP contribution in [-0.2, 0) is 5.41 Å². The molecule has 1 atom stereocenters. The van der Waals surface area contributed by atoms with Crippen molar-refractivity contribution in [2.75, 3.05) is 0 Å². The van der Waals surface area contributed by atoms with Crippen LogP contribution in [0.3, 0.4) is 0 Å². The zero-order valence-electron chi connectivity index (χ0n) is 12.4. The van der Waals surface area contributed by atoms with Gasteiger partial charge in [0.1, 0.15) is 0 Å². The number of nitrogens with one attached hydrogen (secondary N) is 1. The fourth-order valence-electron chi connectivity index (χ4n) is 2.95. The SMILES string of the molecule is CC(C)(C)c1ccccc1C(NN)C1=CCCCC1. The Balaban J connectivity index is 2.41. The Bertz CT molecular complexity index is 455. The molecule has 1 aliphatic rings. The molecule has 2 nitrogen and oxygen atoms in total. The van der Waals surface area contributed by atoms with E-state index in [2.05, 4.69) is 56.5 Å². The number of allylic oxidation sites excluding steroid dienone is 1. The van der Waals surface area contributed by atoms with E-state index in [-0.39, 0.29) is 11.5 Å². The summed E-state index contributed by atoms with van der Waals surface area (Å²) in [4.78, 5) is 0. The highest BCUT2D eigenvalue weighted by Gasteiger charge is 2.24. The standard InChI is InChI=1S/C17H26N2/c1-17(2,3)15-12-8-7-11-14(15)16(19-18)13-9-5-4-6-10-13/h7-9,11-12,16,19H,4-6,10,18H2,1-3H3. The van der Waals surface area contributed by atoms with Crippen molar-refractivity contribution >= 4 is 0 Å². The average Bonchev–Trinajstić information content (AvgIpc) is 2.40. The molecule has 0 aliphatic heterocycles. The van der Waals surface area contributed by atoms with E-state index < -0.39 is 0 Å². The molecule has 0 saturated carbocycles. The highest BCUT2D eigenvalue weighted by molar-refractivity contribution is 5.39. The lowest BCUT2D eigenvalue weighted by Crippen LogP contribution is -2.32. The Morgan fingerprint density at radius 2 is 1.89 bits per heavy atom. The predicted octanol–water partition coefficient (Wildman–Crippen LogP) is 3.99. The summed E-state index contributed by atoms with van der Waals surface area (Å²) in [6, 6.07) is 8.82. The maximum absolute atomic E-state index is 5.86. The van der Waals surface area contributed by atoms with E-state index in [9.17, 15) is 0 Å². The molecule has 0 saturated heterocycles. The number of hydrogen-bond donors (Lipinski definition) is 2. The first-order chi connectivity index (χ1) is 9.04. The third-order valence-electron chi connectivity index (χ3n) is 3.94. The predicted molar refractivity (Wildman–Crippen MR) is 81.8 cm³/mol. The second kappa shape index (κ2) is 5.89. The highest BCUT2D eigenvalue weighted by Crippen LogP contribution is 2.35. The van der Waals surface area contributed by atoms with Crippen LogP contribution in [-0.4, -0.2) is 0 Å². The molecule has 0 spiro atoms. The molecule has 1 aromatic rings. The van der Waals surface area contributed by atoms with Crippen molar-refractivity contribution in [1.29, 1.82) is 0 Å². The summed E-state index contributed by atoms with van der Waals surface area (Å²) in [6.45, 7) is 6.78. The molecule has 1 unspecified atom stereocenters. The molecule has 2 rings (SSSR count). The molecule has 1 aliphatic carbocycles. The molecular formula is C17H26N2. The fourth-order valence-corrected chi connectivity index (χ4v) is 2.95. The van der Waals surface area contributed by atoms with Crippen LogP contribution >= 0.6 is 0 Å². The molecular weight excluding hydrogens is 232 g/mol. The van der Waals surface area contributed by atoms with Crippen LogP contribution in [0.2, 0.25) is 0 Å². The van der Waals surface area contributed by atoms with Gasteiger partial charge in [0.15, 0.2) is 0 Å². The molecule has 0 radical (unpaired) electrons. The first-order valence-electron chi connectivity index (χ1n) is 7.28.